The van der Waals surface area contributed by atoms with Gasteiger partial charge in [-0.15, -0.1) is 0 Å². The molecule has 0 N–H and O–H groups in total. The van der Waals surface area contributed by atoms with Crippen molar-refractivity contribution in [3.63, 3.8) is 0 Å². The number of hydroxylamine groups is 1. The number of rotatable bonds is 6. The van der Waals surface area contributed by atoms with Gasteiger partial charge < -0.3 is 4.18 Å². The predicted molar refractivity (Wildman–Crippen MR) is 144 cm³/mol. The summed E-state index contributed by atoms with van der Waals surface area (Å²) in [5.74, 6) is -1.46. The molecule has 9 heteroatoms. The number of imide groups is 1. The van der Waals surface area contributed by atoms with Crippen molar-refractivity contribution < 1.29 is 27.0 Å². The maximum absolute atomic E-state index is 13.7. The molecule has 2 aliphatic heterocycles. The summed E-state index contributed by atoms with van der Waals surface area (Å²) < 4.78 is 30.6. The van der Waals surface area contributed by atoms with Gasteiger partial charge in [0.15, 0.2) is 6.10 Å². The first-order valence-corrected chi connectivity index (χ1v) is 13.8. The zero-order valence-electron chi connectivity index (χ0n) is 20.9. The molecular formula is C30H24N2O6S. The number of aryl methyl sites for hydroxylation is 1. The number of carbonyl (C=O) groups excluding carboxylic acids is 2. The fourth-order valence-electron chi connectivity index (χ4n) is 4.98. The molecule has 0 unspecified atom stereocenters. The van der Waals surface area contributed by atoms with Gasteiger partial charge in [0, 0.05) is 0 Å². The van der Waals surface area contributed by atoms with Crippen LogP contribution in [0.4, 0.5) is 11.4 Å². The van der Waals surface area contributed by atoms with Gasteiger partial charge in [-0.3, -0.25) is 14.4 Å². The van der Waals surface area contributed by atoms with E-state index in [0.717, 1.165) is 5.56 Å². The summed E-state index contributed by atoms with van der Waals surface area (Å²) in [5, 5.41) is 1.59. The third-order valence-electron chi connectivity index (χ3n) is 6.88. The molecule has 2 heterocycles. The Morgan fingerprint density at radius 1 is 0.718 bits per heavy atom. The summed E-state index contributed by atoms with van der Waals surface area (Å²) in [6.45, 7) is 1.93. The van der Waals surface area contributed by atoms with Crippen molar-refractivity contribution in [1.29, 1.82) is 0 Å². The third-order valence-corrected chi connectivity index (χ3v) is 8.14. The highest BCUT2D eigenvalue weighted by Crippen LogP contribution is 2.47. The Hall–Kier alpha value is -4.47. The minimum absolute atomic E-state index is 0.0441. The van der Waals surface area contributed by atoms with Crippen molar-refractivity contribution >= 4 is 33.3 Å². The molecule has 0 bridgehead atoms. The number of anilines is 2. The van der Waals surface area contributed by atoms with Gasteiger partial charge >= 0.3 is 10.1 Å². The van der Waals surface area contributed by atoms with Crippen LogP contribution in [-0.4, -0.2) is 26.3 Å². The number of amides is 2. The fraction of sp³-hybridized carbons (Fsp3) is 0.133. The Kier molecular flexibility index (Phi) is 6.17. The molecular weight excluding hydrogens is 516 g/mol. The van der Waals surface area contributed by atoms with Crippen LogP contribution < -0.4 is 14.1 Å². The number of benzene rings is 4. The molecule has 2 aliphatic rings. The maximum Gasteiger partial charge on any atom is 0.339 e. The minimum Gasteiger partial charge on any atom is -0.379 e. The summed E-state index contributed by atoms with van der Waals surface area (Å²) in [7, 11) is -4.01. The number of fused-ring (bicyclic) bond motifs is 1. The lowest BCUT2D eigenvalue weighted by molar-refractivity contribution is -0.126. The van der Waals surface area contributed by atoms with Crippen LogP contribution >= 0.6 is 0 Å². The molecule has 0 radical (unpaired) electrons. The number of para-hydroxylation sites is 1. The van der Waals surface area contributed by atoms with Crippen LogP contribution in [0.5, 0.6) is 5.75 Å². The Balaban J connectivity index is 1.34. The minimum atomic E-state index is -4.01. The molecule has 0 spiro atoms. The average Bonchev–Trinajstić information content (AvgIpc) is 3.46. The van der Waals surface area contributed by atoms with E-state index < -0.39 is 34.1 Å². The van der Waals surface area contributed by atoms with Gasteiger partial charge in [-0.2, -0.15) is 8.42 Å². The van der Waals surface area contributed by atoms with Crippen LogP contribution in [0.3, 0.4) is 0 Å². The molecule has 0 saturated carbocycles. The number of nitrogens with zero attached hydrogens (tertiary/aromatic N) is 2. The predicted octanol–water partition coefficient (Wildman–Crippen LogP) is 4.81. The lowest BCUT2D eigenvalue weighted by Crippen LogP contribution is -2.37. The SMILES string of the molecule is Cc1ccc(N2C(=O)[C@@H]3[C@H](ON(c4ccccc4)[C@@H]3c3ccc(OS(=O)(=O)c4ccccc4)cc3)C2=O)cc1. The first kappa shape index (κ1) is 24.8. The topological polar surface area (TPSA) is 93.2 Å². The summed E-state index contributed by atoms with van der Waals surface area (Å²) in [4.78, 5) is 34.6. The Morgan fingerprint density at radius 2 is 1.33 bits per heavy atom. The molecule has 3 atom stereocenters. The van der Waals surface area contributed by atoms with Crippen LogP contribution in [-0.2, 0) is 24.5 Å². The lowest BCUT2D eigenvalue weighted by atomic mass is 9.90. The second-order valence-corrected chi connectivity index (χ2v) is 11.0. The molecule has 4 aromatic carbocycles. The maximum atomic E-state index is 13.7. The van der Waals surface area contributed by atoms with Crippen molar-refractivity contribution in [3.8, 4) is 5.75 Å². The molecule has 0 aliphatic carbocycles. The lowest BCUT2D eigenvalue weighted by Gasteiger charge is -2.28. The fourth-order valence-corrected chi connectivity index (χ4v) is 5.93. The molecule has 2 amide bonds. The van der Waals surface area contributed by atoms with Crippen molar-refractivity contribution in [1.82, 2.24) is 0 Å². The Morgan fingerprint density at radius 3 is 1.97 bits per heavy atom. The second kappa shape index (κ2) is 9.68. The molecule has 6 rings (SSSR count). The van der Waals surface area contributed by atoms with Gasteiger partial charge in [0.1, 0.15) is 16.6 Å². The van der Waals surface area contributed by atoms with E-state index in [1.54, 1.807) is 47.5 Å². The summed E-state index contributed by atoms with van der Waals surface area (Å²) in [5.41, 5.74) is 2.86. The highest BCUT2D eigenvalue weighted by Gasteiger charge is 2.60. The van der Waals surface area contributed by atoms with Crippen LogP contribution in [0.25, 0.3) is 0 Å². The quantitative estimate of drug-likeness (QED) is 0.256. The molecule has 196 valence electrons. The van der Waals surface area contributed by atoms with Crippen LogP contribution in [0.2, 0.25) is 0 Å². The summed E-state index contributed by atoms with van der Waals surface area (Å²) in [6.07, 6.45) is -1.00. The molecule has 2 saturated heterocycles. The van der Waals surface area contributed by atoms with E-state index in [9.17, 15) is 18.0 Å². The van der Waals surface area contributed by atoms with E-state index in [1.807, 2.05) is 49.4 Å². The van der Waals surface area contributed by atoms with Gasteiger partial charge in [-0.25, -0.2) is 9.96 Å². The van der Waals surface area contributed by atoms with Crippen LogP contribution in [0.1, 0.15) is 17.2 Å². The Bertz CT molecular complexity index is 1620. The number of hydrogen-bond acceptors (Lipinski definition) is 7. The largest absolute Gasteiger partial charge is 0.379 e. The normalized spacial score (nSPS) is 20.8. The zero-order chi connectivity index (χ0) is 27.1. The molecule has 0 aromatic heterocycles. The molecule has 2 fully saturated rings. The van der Waals surface area contributed by atoms with E-state index in [4.69, 9.17) is 9.02 Å². The van der Waals surface area contributed by atoms with E-state index in [-0.39, 0.29) is 16.6 Å². The van der Waals surface area contributed by atoms with Gasteiger partial charge in [0.25, 0.3) is 5.91 Å². The van der Waals surface area contributed by atoms with Crippen molar-refractivity contribution in [3.05, 3.63) is 120 Å². The molecule has 39 heavy (non-hydrogen) atoms. The molecule has 8 nitrogen and oxygen atoms in total. The van der Waals surface area contributed by atoms with E-state index in [1.165, 1.54) is 29.2 Å². The number of hydrogen-bond donors (Lipinski definition) is 0. The standard InChI is InChI=1S/C30H24N2O6S/c1-20-12-16-22(17-13-20)31-29(33)26-27(32(37-28(26)30(31)34)23-8-4-2-5-9-23)21-14-18-24(19-15-21)38-39(35,36)25-10-6-3-7-11-25/h2-19,26-28H,1H3/t26-,27+,28-/m0/s1. The monoisotopic (exact) mass is 540 g/mol. The van der Waals surface area contributed by atoms with Gasteiger partial charge in [-0.05, 0) is 61.0 Å². The summed E-state index contributed by atoms with van der Waals surface area (Å²) in [6, 6.07) is 30.1. The third kappa shape index (κ3) is 4.45. The average molecular weight is 541 g/mol. The van der Waals surface area contributed by atoms with E-state index in [0.29, 0.717) is 16.9 Å². The highest BCUT2D eigenvalue weighted by molar-refractivity contribution is 7.87. The van der Waals surface area contributed by atoms with Gasteiger partial charge in [0.2, 0.25) is 5.91 Å². The van der Waals surface area contributed by atoms with E-state index in [2.05, 4.69) is 0 Å². The number of carbonyl (C=O) groups is 2. The molecule has 4 aromatic rings. The van der Waals surface area contributed by atoms with Crippen LogP contribution in [0, 0.1) is 12.8 Å². The summed E-state index contributed by atoms with van der Waals surface area (Å²) >= 11 is 0. The second-order valence-electron chi connectivity index (χ2n) is 9.42. The van der Waals surface area contributed by atoms with Crippen molar-refractivity contribution in [2.24, 2.45) is 5.92 Å². The zero-order valence-corrected chi connectivity index (χ0v) is 21.7. The van der Waals surface area contributed by atoms with Crippen LogP contribution in [0.15, 0.2) is 114 Å². The smallest absolute Gasteiger partial charge is 0.339 e. The Labute approximate surface area is 226 Å². The first-order chi connectivity index (χ1) is 18.8. The highest BCUT2D eigenvalue weighted by atomic mass is 32.2. The van der Waals surface area contributed by atoms with Crippen molar-refractivity contribution in [2.75, 3.05) is 9.96 Å². The van der Waals surface area contributed by atoms with E-state index >= 15 is 0 Å². The van der Waals surface area contributed by atoms with Gasteiger partial charge in [0.05, 0.1) is 17.4 Å². The first-order valence-electron chi connectivity index (χ1n) is 12.4. The van der Waals surface area contributed by atoms with Crippen molar-refractivity contribution in [2.45, 2.75) is 24.0 Å². The van der Waals surface area contributed by atoms with Gasteiger partial charge in [-0.1, -0.05) is 66.2 Å².